The highest BCUT2D eigenvalue weighted by Crippen LogP contribution is 2.35. The summed E-state index contributed by atoms with van der Waals surface area (Å²) in [6.07, 6.45) is 0.229. The molecule has 1 N–H and O–H groups in total. The Labute approximate surface area is 115 Å². The average molecular weight is 285 g/mol. The van der Waals surface area contributed by atoms with E-state index in [4.69, 9.17) is 4.74 Å². The minimum atomic E-state index is -1.17. The molecule has 0 amide bonds. The predicted molar refractivity (Wildman–Crippen MR) is 69.4 cm³/mol. The van der Waals surface area contributed by atoms with E-state index < -0.39 is 28.3 Å². The van der Waals surface area contributed by atoms with Gasteiger partial charge in [-0.3, -0.25) is 14.9 Å². The maximum Gasteiger partial charge on any atom is 0.313 e. The number of methoxy groups -OCH3 is 1. The number of halogens is 1. The average Bonchev–Trinajstić information content (AvgIpc) is 2.35. The van der Waals surface area contributed by atoms with Crippen LogP contribution in [0.4, 0.5) is 10.1 Å². The van der Waals surface area contributed by atoms with Crippen LogP contribution in [-0.2, 0) is 4.79 Å². The van der Waals surface area contributed by atoms with E-state index in [1.807, 2.05) is 13.8 Å². The first-order chi connectivity index (χ1) is 9.27. The molecule has 0 aromatic heterocycles. The van der Waals surface area contributed by atoms with Crippen LogP contribution >= 0.6 is 0 Å². The van der Waals surface area contributed by atoms with Crippen LogP contribution in [0.25, 0.3) is 0 Å². The van der Waals surface area contributed by atoms with Crippen molar-refractivity contribution in [2.45, 2.75) is 26.2 Å². The molecule has 20 heavy (non-hydrogen) atoms. The molecule has 1 aromatic carbocycles. The Balaban J connectivity index is 3.36. The SMILES string of the molecule is COc1cc(C(CC(C)C)C(=O)O)c(F)cc1[N+](=O)[O-]. The lowest BCUT2D eigenvalue weighted by atomic mass is 9.89. The van der Waals surface area contributed by atoms with Gasteiger partial charge in [-0.15, -0.1) is 0 Å². The van der Waals surface area contributed by atoms with Crippen LogP contribution in [0.1, 0.15) is 31.7 Å². The third kappa shape index (κ3) is 3.43. The number of hydrogen-bond donors (Lipinski definition) is 1. The zero-order valence-electron chi connectivity index (χ0n) is 11.4. The Bertz CT molecular complexity index is 530. The summed E-state index contributed by atoms with van der Waals surface area (Å²) in [7, 11) is 1.21. The zero-order valence-corrected chi connectivity index (χ0v) is 11.4. The molecule has 0 spiro atoms. The highest BCUT2D eigenvalue weighted by atomic mass is 19.1. The molecule has 0 bridgehead atoms. The van der Waals surface area contributed by atoms with Gasteiger partial charge >= 0.3 is 11.7 Å². The van der Waals surface area contributed by atoms with Gasteiger partial charge in [-0.05, 0) is 18.4 Å². The van der Waals surface area contributed by atoms with Gasteiger partial charge in [-0.2, -0.15) is 0 Å². The van der Waals surface area contributed by atoms with Crippen molar-refractivity contribution in [3.05, 3.63) is 33.6 Å². The number of rotatable bonds is 6. The number of carboxylic acid groups (broad SMARTS) is 1. The highest BCUT2D eigenvalue weighted by Gasteiger charge is 2.28. The summed E-state index contributed by atoms with van der Waals surface area (Å²) in [4.78, 5) is 21.3. The summed E-state index contributed by atoms with van der Waals surface area (Å²) >= 11 is 0. The third-order valence-electron chi connectivity index (χ3n) is 2.88. The molecule has 0 aliphatic heterocycles. The van der Waals surface area contributed by atoms with Gasteiger partial charge in [0.05, 0.1) is 24.0 Å². The summed E-state index contributed by atoms with van der Waals surface area (Å²) in [5.41, 5.74) is -0.629. The molecule has 110 valence electrons. The van der Waals surface area contributed by atoms with E-state index in [0.717, 1.165) is 6.07 Å². The molecule has 0 aliphatic rings. The van der Waals surface area contributed by atoms with E-state index in [9.17, 15) is 24.4 Å². The fourth-order valence-corrected chi connectivity index (χ4v) is 1.96. The van der Waals surface area contributed by atoms with E-state index in [1.165, 1.54) is 7.11 Å². The van der Waals surface area contributed by atoms with Crippen molar-refractivity contribution >= 4 is 11.7 Å². The maximum atomic E-state index is 14.0. The Morgan fingerprint density at radius 2 is 2.10 bits per heavy atom. The van der Waals surface area contributed by atoms with Crippen molar-refractivity contribution in [3.8, 4) is 5.75 Å². The first kappa shape index (κ1) is 15.9. The van der Waals surface area contributed by atoms with Gasteiger partial charge in [0, 0.05) is 5.56 Å². The van der Waals surface area contributed by atoms with Gasteiger partial charge in [0.1, 0.15) is 5.82 Å². The lowest BCUT2D eigenvalue weighted by molar-refractivity contribution is -0.386. The van der Waals surface area contributed by atoms with Crippen LogP contribution in [0.3, 0.4) is 0 Å². The summed E-state index contributed by atoms with van der Waals surface area (Å²) in [6, 6.07) is 1.79. The number of nitro benzene ring substituents is 1. The van der Waals surface area contributed by atoms with Crippen LogP contribution in [0.5, 0.6) is 5.75 Å². The molecule has 0 aliphatic carbocycles. The number of ether oxygens (including phenoxy) is 1. The van der Waals surface area contributed by atoms with Crippen molar-refractivity contribution in [1.82, 2.24) is 0 Å². The van der Waals surface area contributed by atoms with Gasteiger partial charge in [-0.1, -0.05) is 13.8 Å². The molecule has 1 aromatic rings. The minimum absolute atomic E-state index is 0.0386. The molecule has 1 atom stereocenters. The van der Waals surface area contributed by atoms with Crippen LogP contribution in [0.15, 0.2) is 12.1 Å². The predicted octanol–water partition coefficient (Wildman–Crippen LogP) is 2.96. The van der Waals surface area contributed by atoms with Gasteiger partial charge in [0.15, 0.2) is 5.75 Å². The largest absolute Gasteiger partial charge is 0.490 e. The highest BCUT2D eigenvalue weighted by molar-refractivity contribution is 5.76. The topological polar surface area (TPSA) is 89.7 Å². The van der Waals surface area contributed by atoms with E-state index >= 15 is 0 Å². The van der Waals surface area contributed by atoms with Gasteiger partial charge in [0.2, 0.25) is 0 Å². The van der Waals surface area contributed by atoms with E-state index in [0.29, 0.717) is 6.07 Å². The smallest absolute Gasteiger partial charge is 0.313 e. The van der Waals surface area contributed by atoms with Crippen molar-refractivity contribution in [3.63, 3.8) is 0 Å². The zero-order chi connectivity index (χ0) is 15.4. The fourth-order valence-electron chi connectivity index (χ4n) is 1.96. The first-order valence-electron chi connectivity index (χ1n) is 6.02. The van der Waals surface area contributed by atoms with Crippen molar-refractivity contribution in [2.24, 2.45) is 5.92 Å². The quantitative estimate of drug-likeness (QED) is 0.641. The Morgan fingerprint density at radius 3 is 2.50 bits per heavy atom. The summed E-state index contributed by atoms with van der Waals surface area (Å²) in [6.45, 7) is 3.63. The second-order valence-electron chi connectivity index (χ2n) is 4.82. The number of hydrogen-bond acceptors (Lipinski definition) is 4. The molecule has 0 fully saturated rings. The lowest BCUT2D eigenvalue weighted by Crippen LogP contribution is -2.16. The summed E-state index contributed by atoms with van der Waals surface area (Å²) in [5.74, 6) is -3.26. The monoisotopic (exact) mass is 285 g/mol. The molecular weight excluding hydrogens is 269 g/mol. The van der Waals surface area contributed by atoms with Crippen LogP contribution < -0.4 is 4.74 Å². The van der Waals surface area contributed by atoms with E-state index in [2.05, 4.69) is 0 Å². The Hall–Kier alpha value is -2.18. The number of aliphatic carboxylic acids is 1. The van der Waals surface area contributed by atoms with E-state index in [-0.39, 0.29) is 23.7 Å². The van der Waals surface area contributed by atoms with Crippen molar-refractivity contribution < 1.29 is 24.0 Å². The number of carbonyl (C=O) groups is 1. The molecule has 1 rings (SSSR count). The van der Waals surface area contributed by atoms with Crippen LogP contribution in [0.2, 0.25) is 0 Å². The van der Waals surface area contributed by atoms with Crippen molar-refractivity contribution in [1.29, 1.82) is 0 Å². The second-order valence-corrected chi connectivity index (χ2v) is 4.82. The number of carboxylic acids is 1. The second kappa shape index (κ2) is 6.31. The maximum absolute atomic E-state index is 14.0. The number of nitrogens with zero attached hydrogens (tertiary/aromatic N) is 1. The van der Waals surface area contributed by atoms with Gasteiger partial charge in [-0.25, -0.2) is 4.39 Å². The number of nitro groups is 1. The molecule has 1 unspecified atom stereocenters. The molecular formula is C13H16FNO5. The summed E-state index contributed by atoms with van der Waals surface area (Å²) < 4.78 is 18.8. The third-order valence-corrected chi connectivity index (χ3v) is 2.88. The molecule has 6 nitrogen and oxygen atoms in total. The molecule has 0 saturated carbocycles. The molecule has 0 saturated heterocycles. The minimum Gasteiger partial charge on any atom is -0.490 e. The Kier molecular flexibility index (Phi) is 5.01. The molecule has 0 radical (unpaired) electrons. The van der Waals surface area contributed by atoms with Crippen LogP contribution in [0, 0.1) is 21.8 Å². The number of benzene rings is 1. The van der Waals surface area contributed by atoms with Gasteiger partial charge < -0.3 is 9.84 Å². The molecule has 7 heteroatoms. The van der Waals surface area contributed by atoms with E-state index in [1.54, 1.807) is 0 Å². The lowest BCUT2D eigenvalue weighted by Gasteiger charge is -2.16. The Morgan fingerprint density at radius 1 is 1.50 bits per heavy atom. The van der Waals surface area contributed by atoms with Crippen LogP contribution in [-0.4, -0.2) is 23.1 Å². The van der Waals surface area contributed by atoms with Crippen molar-refractivity contribution in [2.75, 3.05) is 7.11 Å². The van der Waals surface area contributed by atoms with Gasteiger partial charge in [0.25, 0.3) is 0 Å². The summed E-state index contributed by atoms with van der Waals surface area (Å²) in [5, 5.41) is 20.0. The molecule has 0 heterocycles. The fraction of sp³-hybridized carbons (Fsp3) is 0.462. The normalized spacial score (nSPS) is 12.2. The standard InChI is InChI=1S/C13H16FNO5/c1-7(2)4-9(13(16)17)8-5-12(20-3)11(15(18)19)6-10(8)14/h5-7,9H,4H2,1-3H3,(H,16,17). The first-order valence-corrected chi connectivity index (χ1v) is 6.02.